The first-order valence-electron chi connectivity index (χ1n) is 9.11. The second-order valence-electron chi connectivity index (χ2n) is 7.21. The van der Waals surface area contributed by atoms with Crippen LogP contribution in [0.25, 0.3) is 0 Å². The zero-order valence-corrected chi connectivity index (χ0v) is 14.1. The lowest BCUT2D eigenvalue weighted by molar-refractivity contribution is 0.236. The third kappa shape index (κ3) is 2.36. The van der Waals surface area contributed by atoms with Crippen molar-refractivity contribution < 1.29 is 0 Å². The molecule has 1 aliphatic carbocycles. The third-order valence-corrected chi connectivity index (χ3v) is 5.77. The summed E-state index contributed by atoms with van der Waals surface area (Å²) in [5.74, 6) is 1.50. The smallest absolute Gasteiger partial charge is 0.271 e. The number of hydrogen-bond acceptors (Lipinski definition) is 2. The summed E-state index contributed by atoms with van der Waals surface area (Å²) in [6.45, 7) is 0. The monoisotopic (exact) mass is 331 g/mol. The number of rotatable bonds is 3. The van der Waals surface area contributed by atoms with Crippen molar-refractivity contribution in [2.24, 2.45) is 0 Å². The maximum Gasteiger partial charge on any atom is 0.346 e. The van der Waals surface area contributed by atoms with Gasteiger partial charge in [-0.1, -0.05) is 60.7 Å². The van der Waals surface area contributed by atoms with Crippen molar-refractivity contribution in [2.75, 3.05) is 0 Å². The van der Waals surface area contributed by atoms with Crippen molar-refractivity contribution in [3.8, 4) is 0 Å². The van der Waals surface area contributed by atoms with E-state index in [4.69, 9.17) is 0 Å². The minimum absolute atomic E-state index is 0.0675. The normalized spacial score (nSPS) is 24.7. The van der Waals surface area contributed by atoms with Crippen molar-refractivity contribution in [1.29, 1.82) is 0 Å². The predicted molar refractivity (Wildman–Crippen MR) is 96.8 cm³/mol. The first-order chi connectivity index (χ1) is 12.3. The van der Waals surface area contributed by atoms with Crippen LogP contribution in [-0.2, 0) is 6.42 Å². The van der Waals surface area contributed by atoms with Crippen LogP contribution in [0.2, 0.25) is 0 Å². The van der Waals surface area contributed by atoms with Gasteiger partial charge < -0.3 is 0 Å². The molecule has 0 N–H and O–H groups in total. The Bertz CT molecular complexity index is 936. The highest BCUT2D eigenvalue weighted by atomic mass is 16.2. The number of aromatic nitrogens is 3. The van der Waals surface area contributed by atoms with Gasteiger partial charge in [-0.2, -0.15) is 5.10 Å². The summed E-state index contributed by atoms with van der Waals surface area (Å²) in [5.41, 5.74) is 2.65. The van der Waals surface area contributed by atoms with Crippen molar-refractivity contribution in [3.05, 3.63) is 88.1 Å². The van der Waals surface area contributed by atoms with Gasteiger partial charge in [-0.15, -0.1) is 0 Å². The Morgan fingerprint density at radius 2 is 1.52 bits per heavy atom. The van der Waals surface area contributed by atoms with Gasteiger partial charge in [0.25, 0.3) is 0 Å². The molecule has 2 heterocycles. The molecule has 126 valence electrons. The van der Waals surface area contributed by atoms with Gasteiger partial charge in [0, 0.05) is 6.42 Å². The lowest BCUT2D eigenvalue weighted by atomic mass is 9.76. The Balaban J connectivity index is 1.40. The lowest BCUT2D eigenvalue weighted by Crippen LogP contribution is -2.35. The molecule has 2 aliphatic rings. The molecule has 1 aromatic heterocycles. The van der Waals surface area contributed by atoms with Crippen LogP contribution in [0, 0.1) is 0 Å². The molecule has 0 radical (unpaired) electrons. The van der Waals surface area contributed by atoms with E-state index in [-0.39, 0.29) is 17.8 Å². The van der Waals surface area contributed by atoms with Crippen molar-refractivity contribution in [3.63, 3.8) is 0 Å². The van der Waals surface area contributed by atoms with Crippen molar-refractivity contribution in [2.45, 2.75) is 43.7 Å². The van der Waals surface area contributed by atoms with E-state index in [1.807, 2.05) is 28.8 Å². The van der Waals surface area contributed by atoms with E-state index in [0.29, 0.717) is 5.92 Å². The van der Waals surface area contributed by atoms with Gasteiger partial charge in [0.15, 0.2) is 0 Å². The molecule has 4 nitrogen and oxygen atoms in total. The molecule has 1 aliphatic heterocycles. The number of hydrogen-bond donors (Lipinski definition) is 0. The zero-order chi connectivity index (χ0) is 16.8. The zero-order valence-electron chi connectivity index (χ0n) is 14.1. The van der Waals surface area contributed by atoms with E-state index in [1.165, 1.54) is 11.1 Å². The molecule has 25 heavy (non-hydrogen) atoms. The SMILES string of the molecule is O=c1n(C2CC(c3ccccc3)C2)nc2n1C(c1ccccc1)CC2. The fourth-order valence-corrected chi connectivity index (χ4v) is 4.33. The summed E-state index contributed by atoms with van der Waals surface area (Å²) in [6, 6.07) is 21.3. The van der Waals surface area contributed by atoms with E-state index in [2.05, 4.69) is 41.5 Å². The number of nitrogens with zero attached hydrogens (tertiary/aromatic N) is 3. The molecule has 1 fully saturated rings. The third-order valence-electron chi connectivity index (χ3n) is 5.77. The molecule has 1 unspecified atom stereocenters. The highest BCUT2D eigenvalue weighted by Crippen LogP contribution is 2.44. The number of fused-ring (bicyclic) bond motifs is 1. The van der Waals surface area contributed by atoms with Crippen LogP contribution in [0.15, 0.2) is 65.5 Å². The van der Waals surface area contributed by atoms with Crippen LogP contribution in [-0.4, -0.2) is 14.3 Å². The van der Waals surface area contributed by atoms with Gasteiger partial charge >= 0.3 is 5.69 Å². The van der Waals surface area contributed by atoms with Gasteiger partial charge in [0.1, 0.15) is 5.82 Å². The Hall–Kier alpha value is -2.62. The minimum Gasteiger partial charge on any atom is -0.271 e. The molecule has 0 amide bonds. The molecule has 1 atom stereocenters. The summed E-state index contributed by atoms with van der Waals surface area (Å²) < 4.78 is 3.68. The van der Waals surface area contributed by atoms with Crippen LogP contribution >= 0.6 is 0 Å². The molecular weight excluding hydrogens is 310 g/mol. The van der Waals surface area contributed by atoms with E-state index in [1.54, 1.807) is 4.68 Å². The summed E-state index contributed by atoms with van der Waals surface area (Å²) in [4.78, 5) is 13.0. The van der Waals surface area contributed by atoms with Gasteiger partial charge in [-0.25, -0.2) is 9.48 Å². The highest BCUT2D eigenvalue weighted by Gasteiger charge is 2.36. The quantitative estimate of drug-likeness (QED) is 0.734. The molecular formula is C21H21N3O. The molecule has 0 bridgehead atoms. The van der Waals surface area contributed by atoms with Crippen LogP contribution < -0.4 is 5.69 Å². The van der Waals surface area contributed by atoms with E-state index < -0.39 is 0 Å². The van der Waals surface area contributed by atoms with Crippen LogP contribution in [0.5, 0.6) is 0 Å². The van der Waals surface area contributed by atoms with Crippen LogP contribution in [0.4, 0.5) is 0 Å². The summed E-state index contributed by atoms with van der Waals surface area (Å²) in [7, 11) is 0. The van der Waals surface area contributed by atoms with Gasteiger partial charge in [0.05, 0.1) is 12.1 Å². The fraction of sp³-hybridized carbons (Fsp3) is 0.333. The molecule has 2 aromatic carbocycles. The number of aryl methyl sites for hydroxylation is 1. The first-order valence-corrected chi connectivity index (χ1v) is 9.11. The van der Waals surface area contributed by atoms with Gasteiger partial charge in [-0.05, 0) is 36.3 Å². The molecule has 1 saturated carbocycles. The topological polar surface area (TPSA) is 39.8 Å². The number of benzene rings is 2. The minimum atomic E-state index is 0.0675. The molecule has 0 saturated heterocycles. The van der Waals surface area contributed by atoms with Crippen LogP contribution in [0.3, 0.4) is 0 Å². The average molecular weight is 331 g/mol. The van der Waals surface area contributed by atoms with Gasteiger partial charge in [0.2, 0.25) is 0 Å². The largest absolute Gasteiger partial charge is 0.346 e. The molecule has 3 aromatic rings. The first kappa shape index (κ1) is 14.7. The molecule has 0 spiro atoms. The Morgan fingerprint density at radius 1 is 0.880 bits per heavy atom. The summed E-state index contributed by atoms with van der Waals surface area (Å²) >= 11 is 0. The predicted octanol–water partition coefficient (Wildman–Crippen LogP) is 3.70. The van der Waals surface area contributed by atoms with Crippen LogP contribution in [0.1, 0.15) is 54.2 Å². The highest BCUT2D eigenvalue weighted by molar-refractivity contribution is 5.24. The Labute approximate surface area is 146 Å². The second kappa shape index (κ2) is 5.73. The van der Waals surface area contributed by atoms with E-state index in [9.17, 15) is 4.79 Å². The standard InChI is InChI=1S/C21H21N3O/c25-21-23-19(16-9-5-2-6-10-16)11-12-20(23)22-24(21)18-13-17(14-18)15-7-3-1-4-8-15/h1-10,17-19H,11-14H2. The van der Waals surface area contributed by atoms with Gasteiger partial charge in [-0.3, -0.25) is 4.57 Å². The summed E-state index contributed by atoms with van der Waals surface area (Å²) in [5, 5.41) is 4.68. The summed E-state index contributed by atoms with van der Waals surface area (Å²) in [6.07, 6.45) is 3.88. The molecule has 4 heteroatoms. The second-order valence-corrected chi connectivity index (χ2v) is 7.21. The Morgan fingerprint density at radius 3 is 2.20 bits per heavy atom. The fourth-order valence-electron chi connectivity index (χ4n) is 4.33. The Kier molecular flexibility index (Phi) is 3.37. The lowest BCUT2D eigenvalue weighted by Gasteiger charge is -2.35. The van der Waals surface area contributed by atoms with Crippen molar-refractivity contribution >= 4 is 0 Å². The van der Waals surface area contributed by atoms with Crippen molar-refractivity contribution in [1.82, 2.24) is 14.3 Å². The van der Waals surface area contributed by atoms with E-state index in [0.717, 1.165) is 31.5 Å². The van der Waals surface area contributed by atoms with E-state index >= 15 is 0 Å². The molecule has 5 rings (SSSR count). The maximum atomic E-state index is 13.0. The maximum absolute atomic E-state index is 13.0. The average Bonchev–Trinajstić information content (AvgIpc) is 3.17.